The molecular weight excluding hydrogens is 318 g/mol. The molecule has 1 aromatic heterocycles. The molecule has 0 saturated heterocycles. The van der Waals surface area contributed by atoms with E-state index in [1.807, 2.05) is 20.8 Å². The number of nitro groups is 1. The van der Waals surface area contributed by atoms with Gasteiger partial charge in [0.1, 0.15) is 5.02 Å². The molecule has 0 aliphatic carbocycles. The zero-order chi connectivity index (χ0) is 17.2. The first-order valence-electron chi connectivity index (χ1n) is 6.90. The van der Waals surface area contributed by atoms with Crippen molar-refractivity contribution in [1.82, 2.24) is 10.2 Å². The molecule has 0 spiro atoms. The number of hydrogen-bond acceptors (Lipinski definition) is 4. The van der Waals surface area contributed by atoms with Crippen LogP contribution in [-0.4, -0.2) is 20.9 Å². The number of aromatic amines is 1. The fourth-order valence-corrected chi connectivity index (χ4v) is 2.28. The first-order chi connectivity index (χ1) is 10.7. The molecule has 0 fully saturated rings. The molecule has 6 nitrogen and oxygen atoms in total. The first-order valence-corrected chi connectivity index (χ1v) is 7.28. The van der Waals surface area contributed by atoms with Crippen LogP contribution in [-0.2, 0) is 5.41 Å². The van der Waals surface area contributed by atoms with Crippen LogP contribution < -0.4 is 0 Å². The maximum atomic E-state index is 12.2. The molecule has 1 heterocycles. The van der Waals surface area contributed by atoms with Crippen LogP contribution in [0.2, 0.25) is 5.02 Å². The van der Waals surface area contributed by atoms with Crippen molar-refractivity contribution in [3.63, 3.8) is 0 Å². The molecule has 1 aromatic carbocycles. The standard InChI is InChI=1S/C16H16ClN3O3/c1-16(2,3)15-11(9-18-19-15)5-7-14(21)10-4-6-12(17)13(8-10)20(22)23/h4-9H,1-3H3,(H,18,19). The lowest BCUT2D eigenvalue weighted by molar-refractivity contribution is -0.384. The molecule has 1 N–H and O–H groups in total. The number of allylic oxidation sites excluding steroid dienone is 1. The van der Waals surface area contributed by atoms with Gasteiger partial charge in [0.15, 0.2) is 5.78 Å². The van der Waals surface area contributed by atoms with Crippen molar-refractivity contribution >= 4 is 29.1 Å². The second-order valence-corrected chi connectivity index (χ2v) is 6.48. The summed E-state index contributed by atoms with van der Waals surface area (Å²) in [5.41, 5.74) is 1.49. The van der Waals surface area contributed by atoms with E-state index in [0.717, 1.165) is 11.3 Å². The van der Waals surface area contributed by atoms with Gasteiger partial charge in [0.05, 0.1) is 11.1 Å². The summed E-state index contributed by atoms with van der Waals surface area (Å²) in [6, 6.07) is 3.98. The second-order valence-electron chi connectivity index (χ2n) is 6.07. The highest BCUT2D eigenvalue weighted by Crippen LogP contribution is 2.26. The summed E-state index contributed by atoms with van der Waals surface area (Å²) in [6.07, 6.45) is 4.65. The van der Waals surface area contributed by atoms with Gasteiger partial charge in [0.2, 0.25) is 0 Å². The topological polar surface area (TPSA) is 88.9 Å². The molecule has 0 aliphatic heterocycles. The number of ketones is 1. The molecule has 120 valence electrons. The number of hydrogen-bond donors (Lipinski definition) is 1. The van der Waals surface area contributed by atoms with Gasteiger partial charge in [0, 0.05) is 28.3 Å². The maximum absolute atomic E-state index is 12.2. The van der Waals surface area contributed by atoms with E-state index in [1.54, 1.807) is 12.3 Å². The summed E-state index contributed by atoms with van der Waals surface area (Å²) in [6.45, 7) is 6.09. The quantitative estimate of drug-likeness (QED) is 0.393. The fourth-order valence-electron chi connectivity index (χ4n) is 2.09. The van der Waals surface area contributed by atoms with Crippen molar-refractivity contribution in [3.8, 4) is 0 Å². The Labute approximate surface area is 138 Å². The zero-order valence-corrected chi connectivity index (χ0v) is 13.7. The van der Waals surface area contributed by atoms with Crippen LogP contribution in [0.3, 0.4) is 0 Å². The van der Waals surface area contributed by atoms with Gasteiger partial charge >= 0.3 is 0 Å². The van der Waals surface area contributed by atoms with E-state index < -0.39 is 4.92 Å². The number of H-pyrrole nitrogens is 1. The third-order valence-electron chi connectivity index (χ3n) is 3.26. The summed E-state index contributed by atoms with van der Waals surface area (Å²) >= 11 is 5.74. The average molecular weight is 334 g/mol. The van der Waals surface area contributed by atoms with Crippen LogP contribution in [0.5, 0.6) is 0 Å². The SMILES string of the molecule is CC(C)(C)c1[nH]ncc1C=CC(=O)c1ccc(Cl)c([N+](=O)[O-])c1. The lowest BCUT2D eigenvalue weighted by atomic mass is 9.89. The Balaban J connectivity index is 2.28. The van der Waals surface area contributed by atoms with Crippen LogP contribution in [0, 0.1) is 10.1 Å². The summed E-state index contributed by atoms with van der Waals surface area (Å²) in [7, 11) is 0. The molecule has 2 rings (SSSR count). The summed E-state index contributed by atoms with van der Waals surface area (Å²) in [5, 5.41) is 17.8. The van der Waals surface area contributed by atoms with Crippen LogP contribution in [0.25, 0.3) is 6.08 Å². The monoisotopic (exact) mass is 333 g/mol. The highest BCUT2D eigenvalue weighted by Gasteiger charge is 2.19. The molecule has 0 atom stereocenters. The van der Waals surface area contributed by atoms with Crippen molar-refractivity contribution in [2.24, 2.45) is 0 Å². The molecule has 2 aromatic rings. The maximum Gasteiger partial charge on any atom is 0.288 e. The highest BCUT2D eigenvalue weighted by atomic mass is 35.5. The third-order valence-corrected chi connectivity index (χ3v) is 3.58. The van der Waals surface area contributed by atoms with Gasteiger partial charge in [-0.05, 0) is 24.3 Å². The molecule has 0 amide bonds. The van der Waals surface area contributed by atoms with Gasteiger partial charge < -0.3 is 0 Å². The van der Waals surface area contributed by atoms with Gasteiger partial charge in [0.25, 0.3) is 5.69 Å². The van der Waals surface area contributed by atoms with E-state index in [4.69, 9.17) is 11.6 Å². The van der Waals surface area contributed by atoms with E-state index in [-0.39, 0.29) is 27.5 Å². The average Bonchev–Trinajstić information content (AvgIpc) is 2.93. The van der Waals surface area contributed by atoms with E-state index in [1.165, 1.54) is 24.3 Å². The minimum Gasteiger partial charge on any atom is -0.289 e. The molecule has 0 unspecified atom stereocenters. The van der Waals surface area contributed by atoms with Gasteiger partial charge in [-0.3, -0.25) is 20.0 Å². The largest absolute Gasteiger partial charge is 0.289 e. The Hall–Kier alpha value is -2.47. The Bertz CT molecular complexity index is 788. The zero-order valence-electron chi connectivity index (χ0n) is 13.0. The van der Waals surface area contributed by atoms with Gasteiger partial charge in [-0.2, -0.15) is 5.10 Å². The number of carbonyl (C=O) groups excluding carboxylic acids is 1. The van der Waals surface area contributed by atoms with Gasteiger partial charge in [-0.25, -0.2) is 0 Å². The van der Waals surface area contributed by atoms with E-state index in [2.05, 4.69) is 10.2 Å². The summed E-state index contributed by atoms with van der Waals surface area (Å²) in [5.74, 6) is -0.342. The molecule has 0 bridgehead atoms. The number of nitro benzene ring substituents is 1. The molecule has 23 heavy (non-hydrogen) atoms. The predicted octanol–water partition coefficient (Wildman–Crippen LogP) is 4.16. The first kappa shape index (κ1) is 16.9. The van der Waals surface area contributed by atoms with Crippen LogP contribution in [0.15, 0.2) is 30.5 Å². The number of nitrogens with one attached hydrogen (secondary N) is 1. The Morgan fingerprint density at radius 2 is 2.09 bits per heavy atom. The Morgan fingerprint density at radius 3 is 2.70 bits per heavy atom. The van der Waals surface area contributed by atoms with Crippen LogP contribution in [0.1, 0.15) is 42.4 Å². The number of benzene rings is 1. The molecule has 0 saturated carbocycles. The number of nitrogens with zero attached hydrogens (tertiary/aromatic N) is 2. The van der Waals surface area contributed by atoms with E-state index >= 15 is 0 Å². The summed E-state index contributed by atoms with van der Waals surface area (Å²) in [4.78, 5) is 22.5. The van der Waals surface area contributed by atoms with E-state index in [9.17, 15) is 14.9 Å². The fraction of sp³-hybridized carbons (Fsp3) is 0.250. The number of carbonyl (C=O) groups is 1. The normalized spacial score (nSPS) is 11.8. The second kappa shape index (κ2) is 6.34. The van der Waals surface area contributed by atoms with Crippen molar-refractivity contribution in [2.75, 3.05) is 0 Å². The number of aromatic nitrogens is 2. The van der Waals surface area contributed by atoms with Crippen molar-refractivity contribution in [2.45, 2.75) is 26.2 Å². The highest BCUT2D eigenvalue weighted by molar-refractivity contribution is 6.32. The number of rotatable bonds is 4. The number of halogens is 1. The molecule has 0 aliphatic rings. The lowest BCUT2D eigenvalue weighted by Crippen LogP contribution is -2.13. The Morgan fingerprint density at radius 1 is 1.39 bits per heavy atom. The molecule has 0 radical (unpaired) electrons. The lowest BCUT2D eigenvalue weighted by Gasteiger charge is -2.17. The van der Waals surface area contributed by atoms with E-state index in [0.29, 0.717) is 0 Å². The van der Waals surface area contributed by atoms with Gasteiger partial charge in [-0.15, -0.1) is 0 Å². The van der Waals surface area contributed by atoms with Crippen molar-refractivity contribution < 1.29 is 9.72 Å². The van der Waals surface area contributed by atoms with Crippen LogP contribution in [0.4, 0.5) is 5.69 Å². The third kappa shape index (κ3) is 3.84. The Kier molecular flexibility index (Phi) is 4.65. The van der Waals surface area contributed by atoms with Crippen LogP contribution >= 0.6 is 11.6 Å². The minimum atomic E-state index is -0.614. The van der Waals surface area contributed by atoms with Gasteiger partial charge in [-0.1, -0.05) is 32.4 Å². The predicted molar refractivity (Wildman–Crippen MR) is 88.8 cm³/mol. The summed E-state index contributed by atoms with van der Waals surface area (Å²) < 4.78 is 0. The molecule has 7 heteroatoms. The van der Waals surface area contributed by atoms with Crippen molar-refractivity contribution in [3.05, 3.63) is 62.4 Å². The van der Waals surface area contributed by atoms with Crippen molar-refractivity contribution in [1.29, 1.82) is 0 Å². The smallest absolute Gasteiger partial charge is 0.288 e. The molecular formula is C16H16ClN3O3. The minimum absolute atomic E-state index is 0.000355.